The summed E-state index contributed by atoms with van der Waals surface area (Å²) in [4.78, 5) is 14.6. The Morgan fingerprint density at radius 2 is 2.10 bits per heavy atom. The van der Waals surface area contributed by atoms with Gasteiger partial charge in [-0.25, -0.2) is 0 Å². The summed E-state index contributed by atoms with van der Waals surface area (Å²) in [5.74, 6) is 0.769. The fourth-order valence-electron chi connectivity index (χ4n) is 2.96. The van der Waals surface area contributed by atoms with Gasteiger partial charge < -0.3 is 10.2 Å². The first-order chi connectivity index (χ1) is 9.50. The molecule has 2 rings (SSSR count). The number of hydrogen-bond donors (Lipinski definition) is 1. The van der Waals surface area contributed by atoms with Crippen LogP contribution >= 0.6 is 0 Å². The molecule has 1 aliphatic rings. The van der Waals surface area contributed by atoms with E-state index in [-0.39, 0.29) is 11.9 Å². The van der Waals surface area contributed by atoms with Crippen LogP contribution in [0.3, 0.4) is 0 Å². The second-order valence-corrected chi connectivity index (χ2v) is 6.26. The molecular formula is C17H26N2O. The minimum Gasteiger partial charge on any atom is -0.339 e. The molecule has 0 aromatic heterocycles. The fourth-order valence-corrected chi connectivity index (χ4v) is 2.96. The Morgan fingerprint density at radius 1 is 1.35 bits per heavy atom. The molecule has 1 aromatic carbocycles. The van der Waals surface area contributed by atoms with Crippen LogP contribution in [-0.2, 0) is 13.0 Å². The Morgan fingerprint density at radius 3 is 2.80 bits per heavy atom. The average molecular weight is 274 g/mol. The Hall–Kier alpha value is -1.35. The van der Waals surface area contributed by atoms with Crippen molar-refractivity contribution in [3.63, 3.8) is 0 Å². The van der Waals surface area contributed by atoms with Gasteiger partial charge in [-0.3, -0.25) is 4.79 Å². The summed E-state index contributed by atoms with van der Waals surface area (Å²) in [6.07, 6.45) is 1.99. The van der Waals surface area contributed by atoms with Gasteiger partial charge in [0.1, 0.15) is 0 Å². The molecule has 1 aliphatic heterocycles. The van der Waals surface area contributed by atoms with Crippen molar-refractivity contribution in [2.45, 2.75) is 46.2 Å². The highest BCUT2D eigenvalue weighted by molar-refractivity contribution is 5.96. The van der Waals surface area contributed by atoms with E-state index < -0.39 is 0 Å². The molecule has 0 fully saturated rings. The second kappa shape index (κ2) is 6.40. The molecule has 1 atom stereocenters. The van der Waals surface area contributed by atoms with E-state index in [4.69, 9.17) is 0 Å². The quantitative estimate of drug-likeness (QED) is 0.915. The Bertz CT molecular complexity index is 482. The van der Waals surface area contributed by atoms with Gasteiger partial charge in [-0.15, -0.1) is 0 Å². The zero-order chi connectivity index (χ0) is 14.7. The molecule has 1 amide bonds. The minimum atomic E-state index is 0.164. The van der Waals surface area contributed by atoms with Crippen molar-refractivity contribution in [2.24, 2.45) is 5.92 Å². The number of fused-ring (bicyclic) bond motifs is 1. The van der Waals surface area contributed by atoms with Crippen molar-refractivity contribution in [3.05, 3.63) is 34.9 Å². The van der Waals surface area contributed by atoms with Crippen LogP contribution in [0.15, 0.2) is 18.2 Å². The summed E-state index contributed by atoms with van der Waals surface area (Å²) in [6.45, 7) is 8.37. The monoisotopic (exact) mass is 274 g/mol. The molecule has 110 valence electrons. The minimum absolute atomic E-state index is 0.164. The standard InChI is InChI=1S/C17H26N2O/c1-12(2)10-13(3)19(4)17(20)16-7-5-6-14-11-18-9-8-15(14)16/h5-7,12-13,18H,8-11H2,1-4H3. The molecular weight excluding hydrogens is 248 g/mol. The number of nitrogens with one attached hydrogen (secondary N) is 1. The van der Waals surface area contributed by atoms with Crippen molar-refractivity contribution in [3.8, 4) is 0 Å². The number of nitrogens with zero attached hydrogens (tertiary/aromatic N) is 1. The fraction of sp³-hybridized carbons (Fsp3) is 0.588. The second-order valence-electron chi connectivity index (χ2n) is 6.26. The first-order valence-electron chi connectivity index (χ1n) is 7.59. The molecule has 1 aromatic rings. The van der Waals surface area contributed by atoms with Gasteiger partial charge in [0.05, 0.1) is 0 Å². The number of carbonyl (C=O) groups is 1. The molecule has 0 bridgehead atoms. The van der Waals surface area contributed by atoms with Gasteiger partial charge in [0, 0.05) is 25.2 Å². The molecule has 1 heterocycles. The largest absolute Gasteiger partial charge is 0.339 e. The molecule has 0 radical (unpaired) electrons. The molecule has 0 saturated heterocycles. The lowest BCUT2D eigenvalue weighted by Crippen LogP contribution is -2.37. The first-order valence-corrected chi connectivity index (χ1v) is 7.59. The predicted molar refractivity (Wildman–Crippen MR) is 82.9 cm³/mol. The van der Waals surface area contributed by atoms with Crippen molar-refractivity contribution in [2.75, 3.05) is 13.6 Å². The third-order valence-electron chi connectivity index (χ3n) is 4.16. The molecule has 0 aliphatic carbocycles. The van der Waals surface area contributed by atoms with Crippen LogP contribution in [0.25, 0.3) is 0 Å². The Labute approximate surface area is 122 Å². The number of benzene rings is 1. The van der Waals surface area contributed by atoms with Gasteiger partial charge in [-0.05, 0) is 49.4 Å². The summed E-state index contributed by atoms with van der Waals surface area (Å²) in [5, 5.41) is 3.36. The summed E-state index contributed by atoms with van der Waals surface area (Å²) in [6, 6.07) is 6.38. The van der Waals surface area contributed by atoms with Gasteiger partial charge in [0.2, 0.25) is 0 Å². The molecule has 0 spiro atoms. The average Bonchev–Trinajstić information content (AvgIpc) is 2.44. The van der Waals surface area contributed by atoms with Crippen LogP contribution < -0.4 is 5.32 Å². The van der Waals surface area contributed by atoms with E-state index in [1.807, 2.05) is 24.1 Å². The summed E-state index contributed by atoms with van der Waals surface area (Å²) in [7, 11) is 1.93. The van der Waals surface area contributed by atoms with E-state index in [1.54, 1.807) is 0 Å². The number of amides is 1. The van der Waals surface area contributed by atoms with Crippen LogP contribution in [0.1, 0.15) is 48.7 Å². The molecule has 3 heteroatoms. The molecule has 1 unspecified atom stereocenters. The number of rotatable bonds is 4. The molecule has 20 heavy (non-hydrogen) atoms. The van der Waals surface area contributed by atoms with Crippen molar-refractivity contribution in [1.29, 1.82) is 0 Å². The smallest absolute Gasteiger partial charge is 0.254 e. The Balaban J connectivity index is 2.21. The van der Waals surface area contributed by atoms with E-state index >= 15 is 0 Å². The van der Waals surface area contributed by atoms with Crippen LogP contribution in [0.2, 0.25) is 0 Å². The lowest BCUT2D eigenvalue weighted by molar-refractivity contribution is 0.0727. The van der Waals surface area contributed by atoms with Crippen molar-refractivity contribution in [1.82, 2.24) is 10.2 Å². The Kier molecular flexibility index (Phi) is 4.81. The van der Waals surface area contributed by atoms with E-state index in [2.05, 4.69) is 32.2 Å². The lowest BCUT2D eigenvalue weighted by Gasteiger charge is -2.28. The highest BCUT2D eigenvalue weighted by Gasteiger charge is 2.22. The predicted octanol–water partition coefficient (Wildman–Crippen LogP) is 2.84. The van der Waals surface area contributed by atoms with Gasteiger partial charge >= 0.3 is 0 Å². The van der Waals surface area contributed by atoms with Gasteiger partial charge in [0.15, 0.2) is 0 Å². The van der Waals surface area contributed by atoms with Crippen LogP contribution in [0, 0.1) is 5.92 Å². The normalized spacial score (nSPS) is 15.8. The van der Waals surface area contributed by atoms with E-state index in [0.717, 1.165) is 31.5 Å². The number of carbonyl (C=O) groups excluding carboxylic acids is 1. The maximum absolute atomic E-state index is 12.7. The third-order valence-corrected chi connectivity index (χ3v) is 4.16. The third kappa shape index (κ3) is 3.21. The van der Waals surface area contributed by atoms with Crippen LogP contribution in [0.5, 0.6) is 0 Å². The van der Waals surface area contributed by atoms with Crippen LogP contribution in [0.4, 0.5) is 0 Å². The maximum Gasteiger partial charge on any atom is 0.254 e. The van der Waals surface area contributed by atoms with E-state index in [1.165, 1.54) is 11.1 Å². The van der Waals surface area contributed by atoms with Gasteiger partial charge in [-0.1, -0.05) is 26.0 Å². The first kappa shape index (κ1) is 15.0. The SMILES string of the molecule is CC(C)CC(C)N(C)C(=O)c1cccc2c1CCNC2. The van der Waals surface area contributed by atoms with Crippen LogP contribution in [-0.4, -0.2) is 30.4 Å². The highest BCUT2D eigenvalue weighted by atomic mass is 16.2. The highest BCUT2D eigenvalue weighted by Crippen LogP contribution is 2.21. The summed E-state index contributed by atoms with van der Waals surface area (Å²) in [5.41, 5.74) is 3.40. The molecule has 3 nitrogen and oxygen atoms in total. The summed E-state index contributed by atoms with van der Waals surface area (Å²) < 4.78 is 0. The summed E-state index contributed by atoms with van der Waals surface area (Å²) >= 11 is 0. The van der Waals surface area contributed by atoms with Crippen molar-refractivity contribution >= 4 is 5.91 Å². The maximum atomic E-state index is 12.7. The molecule has 0 saturated carbocycles. The van der Waals surface area contributed by atoms with E-state index in [9.17, 15) is 4.79 Å². The van der Waals surface area contributed by atoms with Gasteiger partial charge in [-0.2, -0.15) is 0 Å². The molecule has 1 N–H and O–H groups in total. The zero-order valence-electron chi connectivity index (χ0n) is 13.1. The van der Waals surface area contributed by atoms with E-state index in [0.29, 0.717) is 5.92 Å². The van der Waals surface area contributed by atoms with Gasteiger partial charge in [0.25, 0.3) is 5.91 Å². The number of hydrogen-bond acceptors (Lipinski definition) is 2. The zero-order valence-corrected chi connectivity index (χ0v) is 13.1. The van der Waals surface area contributed by atoms with Crippen molar-refractivity contribution < 1.29 is 4.79 Å². The topological polar surface area (TPSA) is 32.3 Å². The lowest BCUT2D eigenvalue weighted by atomic mass is 9.94.